The Balaban J connectivity index is 2.98. The predicted octanol–water partition coefficient (Wildman–Crippen LogP) is -1.39. The Labute approximate surface area is 116 Å². The maximum Gasteiger partial charge on any atom is 0.207 e. The SMILES string of the molecule is CC(Cl)C(NC=O)C1O[C@H](S(C)(=O)=O)CC(O)C1O. The summed E-state index contributed by atoms with van der Waals surface area (Å²) in [7, 11) is -3.54. The van der Waals surface area contributed by atoms with Crippen LogP contribution in [0.2, 0.25) is 0 Å². The molecule has 0 bridgehead atoms. The van der Waals surface area contributed by atoms with Gasteiger partial charge in [0.15, 0.2) is 15.3 Å². The van der Waals surface area contributed by atoms with Gasteiger partial charge in [0.25, 0.3) is 0 Å². The van der Waals surface area contributed by atoms with E-state index >= 15 is 0 Å². The minimum Gasteiger partial charge on any atom is -0.390 e. The van der Waals surface area contributed by atoms with Crippen molar-refractivity contribution in [1.29, 1.82) is 0 Å². The number of carbonyl (C=O) groups excluding carboxylic acids is 1. The largest absolute Gasteiger partial charge is 0.390 e. The standard InChI is InChI=1S/C10H18ClNO6S/c1-5(11)8(12-4-13)10-9(15)6(14)3-7(18-10)19(2,16)17/h4-10,14-15H,3H2,1-2H3,(H,12,13)/t5?,6?,7-,8?,9?,10?/m1/s1. The number of amides is 1. The average Bonchev–Trinajstić information content (AvgIpc) is 2.28. The number of rotatable bonds is 5. The second kappa shape index (κ2) is 6.36. The Morgan fingerprint density at radius 1 is 1.47 bits per heavy atom. The third-order valence-corrected chi connectivity index (χ3v) is 4.59. The van der Waals surface area contributed by atoms with E-state index in [9.17, 15) is 23.4 Å². The second-order valence-corrected chi connectivity index (χ2v) is 7.51. The minimum absolute atomic E-state index is 0.221. The fraction of sp³-hybridized carbons (Fsp3) is 0.900. The zero-order valence-corrected chi connectivity index (χ0v) is 12.1. The third kappa shape index (κ3) is 4.03. The third-order valence-electron chi connectivity index (χ3n) is 3.06. The summed E-state index contributed by atoms with van der Waals surface area (Å²) in [5.74, 6) is 0. The summed E-state index contributed by atoms with van der Waals surface area (Å²) in [4.78, 5) is 10.5. The number of hydrogen-bond acceptors (Lipinski definition) is 6. The first kappa shape index (κ1) is 16.6. The number of aliphatic hydroxyl groups excluding tert-OH is 2. The van der Waals surface area contributed by atoms with Gasteiger partial charge in [-0.25, -0.2) is 8.42 Å². The fourth-order valence-electron chi connectivity index (χ4n) is 2.01. The lowest BCUT2D eigenvalue weighted by atomic mass is 9.95. The minimum atomic E-state index is -3.54. The van der Waals surface area contributed by atoms with Crippen LogP contribution in [-0.2, 0) is 19.4 Å². The monoisotopic (exact) mass is 315 g/mol. The molecule has 1 fully saturated rings. The van der Waals surface area contributed by atoms with Crippen LogP contribution in [0, 0.1) is 0 Å². The Kier molecular flexibility index (Phi) is 5.57. The van der Waals surface area contributed by atoms with Crippen molar-refractivity contribution >= 4 is 27.8 Å². The van der Waals surface area contributed by atoms with Crippen LogP contribution in [0.25, 0.3) is 0 Å². The van der Waals surface area contributed by atoms with Gasteiger partial charge in [-0.05, 0) is 6.92 Å². The van der Waals surface area contributed by atoms with Crippen molar-refractivity contribution in [2.45, 2.75) is 48.5 Å². The van der Waals surface area contributed by atoms with Gasteiger partial charge in [0.1, 0.15) is 12.2 Å². The van der Waals surface area contributed by atoms with E-state index in [1.54, 1.807) is 6.92 Å². The Bertz CT molecular complexity index is 414. The van der Waals surface area contributed by atoms with Gasteiger partial charge in [-0.1, -0.05) is 0 Å². The highest BCUT2D eigenvalue weighted by atomic mass is 35.5. The number of alkyl halides is 1. The van der Waals surface area contributed by atoms with Crippen molar-refractivity contribution < 1.29 is 28.2 Å². The van der Waals surface area contributed by atoms with Crippen molar-refractivity contribution in [2.75, 3.05) is 6.26 Å². The van der Waals surface area contributed by atoms with Crippen molar-refractivity contribution in [3.05, 3.63) is 0 Å². The number of nitrogens with one attached hydrogen (secondary N) is 1. The molecule has 0 aromatic rings. The molecule has 0 aliphatic carbocycles. The summed E-state index contributed by atoms with van der Waals surface area (Å²) in [5.41, 5.74) is -1.23. The molecule has 1 aliphatic heterocycles. The van der Waals surface area contributed by atoms with Gasteiger partial charge in [0.05, 0.1) is 17.5 Å². The molecule has 0 radical (unpaired) electrons. The second-order valence-electron chi connectivity index (χ2n) is 4.64. The summed E-state index contributed by atoms with van der Waals surface area (Å²) < 4.78 is 28.3. The first-order chi connectivity index (χ1) is 8.68. The lowest BCUT2D eigenvalue weighted by Gasteiger charge is -2.40. The van der Waals surface area contributed by atoms with E-state index in [2.05, 4.69) is 5.32 Å². The van der Waals surface area contributed by atoms with E-state index in [-0.39, 0.29) is 6.42 Å². The quantitative estimate of drug-likeness (QED) is 0.425. The molecule has 1 saturated heterocycles. The molecule has 1 rings (SSSR count). The van der Waals surface area contributed by atoms with Gasteiger partial charge < -0.3 is 20.3 Å². The van der Waals surface area contributed by atoms with Gasteiger partial charge in [-0.15, -0.1) is 11.6 Å². The molecule has 0 saturated carbocycles. The van der Waals surface area contributed by atoms with Gasteiger partial charge in [-0.2, -0.15) is 0 Å². The smallest absolute Gasteiger partial charge is 0.207 e. The Morgan fingerprint density at radius 3 is 2.47 bits per heavy atom. The van der Waals surface area contributed by atoms with Crippen LogP contribution in [0.4, 0.5) is 0 Å². The molecule has 0 aromatic carbocycles. The van der Waals surface area contributed by atoms with Crippen LogP contribution in [-0.4, -0.2) is 66.5 Å². The van der Waals surface area contributed by atoms with E-state index in [0.29, 0.717) is 6.41 Å². The molecule has 9 heteroatoms. The molecule has 1 aliphatic rings. The number of ether oxygens (including phenoxy) is 1. The highest BCUT2D eigenvalue weighted by molar-refractivity contribution is 7.91. The van der Waals surface area contributed by atoms with Crippen LogP contribution >= 0.6 is 11.6 Å². The molecule has 6 atom stereocenters. The van der Waals surface area contributed by atoms with Gasteiger partial charge in [0.2, 0.25) is 6.41 Å². The summed E-state index contributed by atoms with van der Waals surface area (Å²) in [6, 6.07) is -0.812. The molecule has 1 amide bonds. The van der Waals surface area contributed by atoms with E-state index in [1.807, 2.05) is 0 Å². The predicted molar refractivity (Wildman–Crippen MR) is 68.4 cm³/mol. The van der Waals surface area contributed by atoms with Crippen molar-refractivity contribution in [2.24, 2.45) is 0 Å². The topological polar surface area (TPSA) is 113 Å². The van der Waals surface area contributed by atoms with E-state index in [4.69, 9.17) is 16.3 Å². The summed E-state index contributed by atoms with van der Waals surface area (Å²) >= 11 is 5.89. The summed E-state index contributed by atoms with van der Waals surface area (Å²) in [5, 5.41) is 21.4. The lowest BCUT2D eigenvalue weighted by molar-refractivity contribution is -0.158. The Hall–Kier alpha value is -0.410. The fourth-order valence-corrected chi connectivity index (χ4v) is 3.10. The number of carbonyl (C=O) groups is 1. The molecule has 0 spiro atoms. The Morgan fingerprint density at radius 2 is 2.05 bits per heavy atom. The molecule has 1 heterocycles. The molecular weight excluding hydrogens is 298 g/mol. The molecule has 7 nitrogen and oxygen atoms in total. The maximum atomic E-state index is 11.5. The number of sulfone groups is 1. The van der Waals surface area contributed by atoms with Crippen molar-refractivity contribution in [3.8, 4) is 0 Å². The maximum absolute atomic E-state index is 11.5. The van der Waals surface area contributed by atoms with Gasteiger partial charge in [0, 0.05) is 12.7 Å². The molecule has 112 valence electrons. The van der Waals surface area contributed by atoms with Crippen LogP contribution in [0.1, 0.15) is 13.3 Å². The molecule has 0 aromatic heterocycles. The number of hydrogen-bond donors (Lipinski definition) is 3. The van der Waals surface area contributed by atoms with E-state index in [1.165, 1.54) is 0 Å². The van der Waals surface area contributed by atoms with Crippen LogP contribution in [0.5, 0.6) is 0 Å². The van der Waals surface area contributed by atoms with Crippen molar-refractivity contribution in [3.63, 3.8) is 0 Å². The van der Waals surface area contributed by atoms with E-state index < -0.39 is 45.0 Å². The van der Waals surface area contributed by atoms with E-state index in [0.717, 1.165) is 6.26 Å². The summed E-state index contributed by atoms with van der Waals surface area (Å²) in [6.07, 6.45) is -2.54. The first-order valence-corrected chi connectivity index (χ1v) is 8.11. The van der Waals surface area contributed by atoms with Gasteiger partial charge >= 0.3 is 0 Å². The average molecular weight is 316 g/mol. The molecule has 3 N–H and O–H groups in total. The number of halogens is 1. The van der Waals surface area contributed by atoms with Crippen LogP contribution < -0.4 is 5.32 Å². The number of aliphatic hydroxyl groups is 2. The molecule has 19 heavy (non-hydrogen) atoms. The zero-order chi connectivity index (χ0) is 14.8. The lowest BCUT2D eigenvalue weighted by Crippen LogP contribution is -2.60. The summed E-state index contributed by atoms with van der Waals surface area (Å²) in [6.45, 7) is 1.56. The highest BCUT2D eigenvalue weighted by Gasteiger charge is 2.45. The first-order valence-electron chi connectivity index (χ1n) is 5.72. The molecular formula is C10H18ClNO6S. The van der Waals surface area contributed by atoms with Gasteiger partial charge in [-0.3, -0.25) is 4.79 Å². The van der Waals surface area contributed by atoms with Crippen molar-refractivity contribution in [1.82, 2.24) is 5.32 Å². The zero-order valence-electron chi connectivity index (χ0n) is 10.6. The van der Waals surface area contributed by atoms with Crippen LogP contribution in [0.3, 0.4) is 0 Å². The van der Waals surface area contributed by atoms with Crippen LogP contribution in [0.15, 0.2) is 0 Å². The highest BCUT2D eigenvalue weighted by Crippen LogP contribution is 2.27. The molecule has 5 unspecified atom stereocenters. The normalized spacial score (nSPS) is 35.4.